The van der Waals surface area contributed by atoms with E-state index in [1.165, 1.54) is 11.3 Å². The molecule has 0 aliphatic heterocycles. The van der Waals surface area contributed by atoms with Gasteiger partial charge in [0.1, 0.15) is 16.4 Å². The third kappa shape index (κ3) is 3.89. The van der Waals surface area contributed by atoms with Crippen molar-refractivity contribution in [3.63, 3.8) is 0 Å². The van der Waals surface area contributed by atoms with Crippen LogP contribution in [0.3, 0.4) is 0 Å². The molecule has 2 aromatic carbocycles. The summed E-state index contributed by atoms with van der Waals surface area (Å²) in [6.07, 6.45) is 0.952. The highest BCUT2D eigenvalue weighted by molar-refractivity contribution is 7.21. The number of hydrogen-bond acceptors (Lipinski definition) is 4. The molecule has 0 fully saturated rings. The largest absolute Gasteiger partial charge is 0.497 e. The maximum Gasteiger partial charge on any atom is 0.267 e. The van der Waals surface area contributed by atoms with Crippen molar-refractivity contribution in [2.75, 3.05) is 19.0 Å². The highest BCUT2D eigenvalue weighted by Gasteiger charge is 2.17. The van der Waals surface area contributed by atoms with Crippen molar-refractivity contribution in [1.29, 1.82) is 0 Å². The van der Waals surface area contributed by atoms with Crippen LogP contribution in [0.1, 0.15) is 23.0 Å². The lowest BCUT2D eigenvalue weighted by Gasteiger charge is -2.07. The van der Waals surface area contributed by atoms with Crippen LogP contribution < -0.4 is 14.8 Å². The topological polar surface area (TPSA) is 47.6 Å². The number of anilines is 1. The van der Waals surface area contributed by atoms with Crippen molar-refractivity contribution in [2.24, 2.45) is 0 Å². The number of ether oxygens (including phenoxy) is 2. The molecule has 6 heteroatoms. The molecule has 1 heterocycles. The molecule has 0 radical (unpaired) electrons. The van der Waals surface area contributed by atoms with E-state index in [0.717, 1.165) is 28.0 Å². The second-order valence-corrected chi connectivity index (χ2v) is 6.86. The van der Waals surface area contributed by atoms with Crippen LogP contribution in [0.25, 0.3) is 10.1 Å². The molecule has 1 aromatic heterocycles. The van der Waals surface area contributed by atoms with Crippen LogP contribution in [0, 0.1) is 0 Å². The Morgan fingerprint density at radius 2 is 1.88 bits per heavy atom. The Morgan fingerprint density at radius 1 is 1.16 bits per heavy atom. The van der Waals surface area contributed by atoms with Gasteiger partial charge in [0.25, 0.3) is 5.91 Å². The second-order valence-electron chi connectivity index (χ2n) is 5.43. The van der Waals surface area contributed by atoms with E-state index in [1.54, 1.807) is 7.11 Å². The lowest BCUT2D eigenvalue weighted by atomic mass is 10.2. The normalized spacial score (nSPS) is 10.7. The highest BCUT2D eigenvalue weighted by Crippen LogP contribution is 2.37. The summed E-state index contributed by atoms with van der Waals surface area (Å²) >= 11 is 7.73. The van der Waals surface area contributed by atoms with Crippen LogP contribution in [0.5, 0.6) is 11.5 Å². The molecule has 1 N–H and O–H groups in total. The van der Waals surface area contributed by atoms with Gasteiger partial charge in [0.15, 0.2) is 0 Å². The van der Waals surface area contributed by atoms with Gasteiger partial charge in [0, 0.05) is 15.8 Å². The molecule has 4 nitrogen and oxygen atoms in total. The molecule has 0 aliphatic rings. The number of carbonyl (C=O) groups is 1. The van der Waals surface area contributed by atoms with E-state index < -0.39 is 0 Å². The average Bonchev–Trinajstić information content (AvgIpc) is 2.97. The minimum atomic E-state index is -0.229. The van der Waals surface area contributed by atoms with Crippen molar-refractivity contribution >= 4 is 44.6 Å². The van der Waals surface area contributed by atoms with Gasteiger partial charge in [-0.05, 0) is 48.9 Å². The predicted octanol–water partition coefficient (Wildman–Crippen LogP) is 5.60. The van der Waals surface area contributed by atoms with Crippen molar-refractivity contribution in [3.8, 4) is 11.5 Å². The molecule has 0 aliphatic carbocycles. The Bertz CT molecular complexity index is 890. The number of nitrogens with one attached hydrogen (secondary N) is 1. The summed E-state index contributed by atoms with van der Waals surface area (Å²) in [6.45, 7) is 2.73. The van der Waals surface area contributed by atoms with Gasteiger partial charge < -0.3 is 14.8 Å². The van der Waals surface area contributed by atoms with Crippen LogP contribution in [-0.2, 0) is 0 Å². The maximum absolute atomic E-state index is 12.6. The first-order valence-electron chi connectivity index (χ1n) is 7.92. The van der Waals surface area contributed by atoms with E-state index in [0.29, 0.717) is 22.2 Å². The molecular weight excluding hydrogens is 358 g/mol. The van der Waals surface area contributed by atoms with Gasteiger partial charge in [-0.15, -0.1) is 11.3 Å². The number of rotatable bonds is 6. The maximum atomic E-state index is 12.6. The zero-order valence-corrected chi connectivity index (χ0v) is 15.5. The fraction of sp³-hybridized carbons (Fsp3) is 0.211. The van der Waals surface area contributed by atoms with Gasteiger partial charge in [-0.1, -0.05) is 18.5 Å². The Balaban J connectivity index is 1.79. The monoisotopic (exact) mass is 375 g/mol. The average molecular weight is 376 g/mol. The molecular formula is C19H18ClNO3S. The highest BCUT2D eigenvalue weighted by atomic mass is 35.5. The van der Waals surface area contributed by atoms with Crippen LogP contribution >= 0.6 is 22.9 Å². The first kappa shape index (κ1) is 17.6. The standard InChI is InChI=1S/C19H18ClNO3S/c1-3-10-24-13-6-4-12(5-7-13)21-19(22)18-17(20)15-9-8-14(23-2)11-16(15)25-18/h4-9,11H,3,10H2,1-2H3,(H,21,22). The predicted molar refractivity (Wildman–Crippen MR) is 104 cm³/mol. The van der Waals surface area contributed by atoms with Gasteiger partial charge in [0.2, 0.25) is 0 Å². The first-order chi connectivity index (χ1) is 12.1. The fourth-order valence-electron chi connectivity index (χ4n) is 2.36. The van der Waals surface area contributed by atoms with E-state index in [1.807, 2.05) is 42.5 Å². The zero-order valence-electron chi connectivity index (χ0n) is 14.0. The van der Waals surface area contributed by atoms with E-state index in [9.17, 15) is 4.79 Å². The van der Waals surface area contributed by atoms with Crippen LogP contribution in [0.2, 0.25) is 5.02 Å². The zero-order chi connectivity index (χ0) is 17.8. The Morgan fingerprint density at radius 3 is 2.56 bits per heavy atom. The Kier molecular flexibility index (Phi) is 5.46. The lowest BCUT2D eigenvalue weighted by molar-refractivity contribution is 0.103. The van der Waals surface area contributed by atoms with E-state index in [4.69, 9.17) is 21.1 Å². The molecule has 0 spiro atoms. The quantitative estimate of drug-likeness (QED) is 0.609. The minimum Gasteiger partial charge on any atom is -0.497 e. The van der Waals surface area contributed by atoms with Crippen molar-refractivity contribution in [3.05, 3.63) is 52.4 Å². The summed E-state index contributed by atoms with van der Waals surface area (Å²) in [5.74, 6) is 1.29. The Labute approximate surface area is 155 Å². The Hall–Kier alpha value is -2.24. The van der Waals surface area contributed by atoms with Crippen LogP contribution in [0.4, 0.5) is 5.69 Å². The lowest BCUT2D eigenvalue weighted by Crippen LogP contribution is -2.10. The van der Waals surface area contributed by atoms with E-state index in [-0.39, 0.29) is 5.91 Å². The molecule has 1 amide bonds. The van der Waals surface area contributed by atoms with E-state index >= 15 is 0 Å². The van der Waals surface area contributed by atoms with Crippen molar-refractivity contribution in [2.45, 2.75) is 13.3 Å². The fourth-order valence-corrected chi connectivity index (χ4v) is 3.80. The summed E-state index contributed by atoms with van der Waals surface area (Å²) < 4.78 is 11.7. The molecule has 0 saturated heterocycles. The molecule has 3 aromatic rings. The number of fused-ring (bicyclic) bond motifs is 1. The molecule has 3 rings (SSSR count). The van der Waals surface area contributed by atoms with Gasteiger partial charge in [-0.25, -0.2) is 0 Å². The van der Waals surface area contributed by atoms with Gasteiger partial charge in [-0.2, -0.15) is 0 Å². The number of benzene rings is 2. The smallest absolute Gasteiger partial charge is 0.267 e. The molecule has 0 bridgehead atoms. The summed E-state index contributed by atoms with van der Waals surface area (Å²) in [6, 6.07) is 12.9. The number of amides is 1. The summed E-state index contributed by atoms with van der Waals surface area (Å²) in [5, 5.41) is 4.18. The molecule has 0 saturated carbocycles. The van der Waals surface area contributed by atoms with Crippen LogP contribution in [-0.4, -0.2) is 19.6 Å². The van der Waals surface area contributed by atoms with Gasteiger partial charge in [0.05, 0.1) is 18.7 Å². The SMILES string of the molecule is CCCOc1ccc(NC(=O)c2sc3cc(OC)ccc3c2Cl)cc1. The van der Waals surface area contributed by atoms with Crippen LogP contribution in [0.15, 0.2) is 42.5 Å². The molecule has 0 atom stereocenters. The first-order valence-corrected chi connectivity index (χ1v) is 9.12. The molecule has 0 unspecified atom stereocenters. The number of halogens is 1. The minimum absolute atomic E-state index is 0.229. The number of methoxy groups -OCH3 is 1. The van der Waals surface area contributed by atoms with E-state index in [2.05, 4.69) is 12.2 Å². The van der Waals surface area contributed by atoms with Crippen molar-refractivity contribution in [1.82, 2.24) is 0 Å². The van der Waals surface area contributed by atoms with Crippen molar-refractivity contribution < 1.29 is 14.3 Å². The number of thiophene rings is 1. The van der Waals surface area contributed by atoms with Gasteiger partial charge in [-0.3, -0.25) is 4.79 Å². The summed E-state index contributed by atoms with van der Waals surface area (Å²) in [5.41, 5.74) is 0.694. The second kappa shape index (κ2) is 7.76. The molecule has 25 heavy (non-hydrogen) atoms. The van der Waals surface area contributed by atoms with Gasteiger partial charge >= 0.3 is 0 Å². The third-order valence-corrected chi connectivity index (χ3v) is 5.28. The molecule has 130 valence electrons. The summed E-state index contributed by atoms with van der Waals surface area (Å²) in [4.78, 5) is 13.1. The number of carbonyl (C=O) groups excluding carboxylic acids is 1. The third-order valence-electron chi connectivity index (χ3n) is 3.63. The summed E-state index contributed by atoms with van der Waals surface area (Å²) in [7, 11) is 1.61. The number of hydrogen-bond donors (Lipinski definition) is 1.